The van der Waals surface area contributed by atoms with E-state index in [1.54, 1.807) is 0 Å². The summed E-state index contributed by atoms with van der Waals surface area (Å²) in [6.45, 7) is 4.05. The molecule has 1 heterocycles. The topological polar surface area (TPSA) is 51.2 Å². The molecule has 1 aliphatic carbocycles. The lowest BCUT2D eigenvalue weighted by Gasteiger charge is -2.11. The second-order valence-corrected chi connectivity index (χ2v) is 5.84. The molecule has 0 aromatic carbocycles. The molecule has 1 aromatic heterocycles. The third-order valence-electron chi connectivity index (χ3n) is 2.93. The predicted octanol–water partition coefficient (Wildman–Crippen LogP) is 2.84. The van der Waals surface area contributed by atoms with E-state index in [4.69, 9.17) is 0 Å². The first-order chi connectivity index (χ1) is 8.10. The Morgan fingerprint density at radius 3 is 2.94 bits per heavy atom. The van der Waals surface area contributed by atoms with Gasteiger partial charge in [-0.3, -0.25) is 0 Å². The van der Waals surface area contributed by atoms with Crippen LogP contribution >= 0.6 is 11.3 Å². The monoisotopic (exact) mass is 254 g/mol. The van der Waals surface area contributed by atoms with Crippen molar-refractivity contribution in [2.75, 3.05) is 12.4 Å². The number of thiazole rings is 1. The molecule has 1 atom stereocenters. The van der Waals surface area contributed by atoms with Crippen LogP contribution in [0.3, 0.4) is 0 Å². The first-order valence-electron chi connectivity index (χ1n) is 5.92. The van der Waals surface area contributed by atoms with Crippen LogP contribution in [0.15, 0.2) is 0 Å². The summed E-state index contributed by atoms with van der Waals surface area (Å²) < 4.78 is 4.69. The highest BCUT2D eigenvalue weighted by molar-refractivity contribution is 7.15. The van der Waals surface area contributed by atoms with E-state index >= 15 is 0 Å². The van der Waals surface area contributed by atoms with Crippen LogP contribution < -0.4 is 5.32 Å². The minimum absolute atomic E-state index is 0.360. The standard InChI is InChI=1S/C12H18N2O2S/c1-7(6-9-4-5-9)13-12-14-10(8(2)17-12)11(15)16-3/h7,9H,4-6H2,1-3H3,(H,13,14). The first kappa shape index (κ1) is 12.4. The average molecular weight is 254 g/mol. The second kappa shape index (κ2) is 5.04. The molecule has 1 aliphatic rings. The normalized spacial score (nSPS) is 16.6. The summed E-state index contributed by atoms with van der Waals surface area (Å²) in [4.78, 5) is 16.6. The third kappa shape index (κ3) is 3.19. The van der Waals surface area contributed by atoms with Crippen LogP contribution in [0.4, 0.5) is 5.13 Å². The van der Waals surface area contributed by atoms with Gasteiger partial charge in [0.05, 0.1) is 7.11 Å². The molecule has 5 heteroatoms. The summed E-state index contributed by atoms with van der Waals surface area (Å²) in [5.41, 5.74) is 0.429. The summed E-state index contributed by atoms with van der Waals surface area (Å²) in [6.07, 6.45) is 3.90. The number of rotatable bonds is 5. The van der Waals surface area contributed by atoms with Gasteiger partial charge in [-0.05, 0) is 26.2 Å². The van der Waals surface area contributed by atoms with Crippen LogP contribution in [0.25, 0.3) is 0 Å². The Morgan fingerprint density at radius 1 is 1.65 bits per heavy atom. The summed E-state index contributed by atoms with van der Waals surface area (Å²) in [7, 11) is 1.38. The van der Waals surface area contributed by atoms with Gasteiger partial charge in [-0.2, -0.15) is 0 Å². The Bertz CT molecular complexity index is 413. The highest BCUT2D eigenvalue weighted by Crippen LogP contribution is 2.34. The van der Waals surface area contributed by atoms with Crippen molar-refractivity contribution in [1.29, 1.82) is 0 Å². The highest BCUT2D eigenvalue weighted by Gasteiger charge is 2.24. The number of nitrogens with one attached hydrogen (secondary N) is 1. The smallest absolute Gasteiger partial charge is 0.357 e. The van der Waals surface area contributed by atoms with Gasteiger partial charge in [0.15, 0.2) is 10.8 Å². The quantitative estimate of drug-likeness (QED) is 0.821. The van der Waals surface area contributed by atoms with Crippen molar-refractivity contribution in [2.45, 2.75) is 39.2 Å². The Labute approximate surface area is 105 Å². The number of aryl methyl sites for hydroxylation is 1. The maximum atomic E-state index is 11.4. The number of ether oxygens (including phenoxy) is 1. The minimum atomic E-state index is -0.360. The van der Waals surface area contributed by atoms with Gasteiger partial charge in [0.2, 0.25) is 0 Å². The number of carbonyl (C=O) groups is 1. The molecule has 17 heavy (non-hydrogen) atoms. The lowest BCUT2D eigenvalue weighted by molar-refractivity contribution is 0.0594. The molecule has 0 spiro atoms. The molecule has 0 radical (unpaired) electrons. The van der Waals surface area contributed by atoms with Gasteiger partial charge in [0.1, 0.15) is 0 Å². The van der Waals surface area contributed by atoms with Gasteiger partial charge in [-0.15, -0.1) is 11.3 Å². The zero-order valence-corrected chi connectivity index (χ0v) is 11.3. The van der Waals surface area contributed by atoms with Gasteiger partial charge in [0, 0.05) is 10.9 Å². The van der Waals surface area contributed by atoms with E-state index in [-0.39, 0.29) is 5.97 Å². The Balaban J connectivity index is 1.98. The predicted molar refractivity (Wildman–Crippen MR) is 68.6 cm³/mol. The molecule has 0 aliphatic heterocycles. The molecular weight excluding hydrogens is 236 g/mol. The highest BCUT2D eigenvalue weighted by atomic mass is 32.1. The lowest BCUT2D eigenvalue weighted by atomic mass is 10.2. The molecule has 1 N–H and O–H groups in total. The SMILES string of the molecule is COC(=O)c1nc(NC(C)CC2CC2)sc1C. The van der Waals surface area contributed by atoms with Crippen molar-refractivity contribution >= 4 is 22.4 Å². The van der Waals surface area contributed by atoms with E-state index < -0.39 is 0 Å². The second-order valence-electron chi connectivity index (χ2n) is 4.64. The summed E-state index contributed by atoms with van der Waals surface area (Å²) in [5.74, 6) is 0.528. The number of hydrogen-bond acceptors (Lipinski definition) is 5. The lowest BCUT2D eigenvalue weighted by Crippen LogP contribution is -2.15. The van der Waals surface area contributed by atoms with Crippen molar-refractivity contribution in [1.82, 2.24) is 4.98 Å². The number of esters is 1. The van der Waals surface area contributed by atoms with E-state index in [0.29, 0.717) is 11.7 Å². The molecule has 94 valence electrons. The molecule has 4 nitrogen and oxygen atoms in total. The molecular formula is C12H18N2O2S. The Morgan fingerprint density at radius 2 is 2.35 bits per heavy atom. The van der Waals surface area contributed by atoms with E-state index in [1.807, 2.05) is 6.92 Å². The van der Waals surface area contributed by atoms with Crippen LogP contribution in [0.2, 0.25) is 0 Å². The number of hydrogen-bond donors (Lipinski definition) is 1. The Kier molecular flexibility index (Phi) is 3.66. The van der Waals surface area contributed by atoms with E-state index in [1.165, 1.54) is 37.7 Å². The van der Waals surface area contributed by atoms with E-state index in [9.17, 15) is 4.79 Å². The number of methoxy groups -OCH3 is 1. The van der Waals surface area contributed by atoms with Gasteiger partial charge < -0.3 is 10.1 Å². The number of carbonyl (C=O) groups excluding carboxylic acids is 1. The molecule has 1 saturated carbocycles. The van der Waals surface area contributed by atoms with E-state index in [2.05, 4.69) is 22.0 Å². The van der Waals surface area contributed by atoms with Crippen molar-refractivity contribution in [3.8, 4) is 0 Å². The van der Waals surface area contributed by atoms with Gasteiger partial charge in [-0.1, -0.05) is 12.8 Å². The molecule has 2 rings (SSSR count). The van der Waals surface area contributed by atoms with Crippen molar-refractivity contribution < 1.29 is 9.53 Å². The summed E-state index contributed by atoms with van der Waals surface area (Å²) in [6, 6.07) is 0.415. The fourth-order valence-corrected chi connectivity index (χ4v) is 2.78. The molecule has 1 fully saturated rings. The molecule has 0 saturated heterocycles. The maximum Gasteiger partial charge on any atom is 0.357 e. The zero-order chi connectivity index (χ0) is 12.4. The van der Waals surface area contributed by atoms with Crippen LogP contribution in [0.5, 0.6) is 0 Å². The maximum absolute atomic E-state index is 11.4. The van der Waals surface area contributed by atoms with Gasteiger partial charge in [0.25, 0.3) is 0 Å². The van der Waals surface area contributed by atoms with Crippen LogP contribution in [-0.4, -0.2) is 24.1 Å². The molecule has 0 amide bonds. The minimum Gasteiger partial charge on any atom is -0.464 e. The summed E-state index contributed by atoms with van der Waals surface area (Å²) in [5, 5.41) is 4.17. The fourth-order valence-electron chi connectivity index (χ4n) is 1.87. The number of nitrogens with zero attached hydrogens (tertiary/aromatic N) is 1. The van der Waals surface area contributed by atoms with Gasteiger partial charge in [-0.25, -0.2) is 9.78 Å². The molecule has 1 unspecified atom stereocenters. The molecule has 0 bridgehead atoms. The third-order valence-corrected chi connectivity index (χ3v) is 3.83. The number of anilines is 1. The van der Waals surface area contributed by atoms with Crippen LogP contribution in [-0.2, 0) is 4.74 Å². The fraction of sp³-hybridized carbons (Fsp3) is 0.667. The zero-order valence-electron chi connectivity index (χ0n) is 10.4. The largest absolute Gasteiger partial charge is 0.464 e. The summed E-state index contributed by atoms with van der Waals surface area (Å²) >= 11 is 1.51. The van der Waals surface area contributed by atoms with Crippen molar-refractivity contribution in [3.63, 3.8) is 0 Å². The average Bonchev–Trinajstić information content (AvgIpc) is 3.00. The van der Waals surface area contributed by atoms with E-state index in [0.717, 1.165) is 15.9 Å². The Hall–Kier alpha value is -1.10. The first-order valence-corrected chi connectivity index (χ1v) is 6.74. The number of aromatic nitrogens is 1. The van der Waals surface area contributed by atoms with Crippen molar-refractivity contribution in [3.05, 3.63) is 10.6 Å². The van der Waals surface area contributed by atoms with Crippen LogP contribution in [0, 0.1) is 12.8 Å². The van der Waals surface area contributed by atoms with Crippen molar-refractivity contribution in [2.24, 2.45) is 5.92 Å². The van der Waals surface area contributed by atoms with Crippen LogP contribution in [0.1, 0.15) is 41.6 Å². The molecule has 1 aromatic rings. The van der Waals surface area contributed by atoms with Gasteiger partial charge >= 0.3 is 5.97 Å².